The number of amides is 1. The molecular formula is C21H22N2O3. The lowest BCUT2D eigenvalue weighted by atomic mass is 10.1. The van der Waals surface area contributed by atoms with Gasteiger partial charge >= 0.3 is 0 Å². The van der Waals surface area contributed by atoms with Crippen molar-refractivity contribution in [3.8, 4) is 0 Å². The molecule has 0 aliphatic carbocycles. The van der Waals surface area contributed by atoms with E-state index in [-0.39, 0.29) is 5.91 Å². The molecule has 26 heavy (non-hydrogen) atoms. The Labute approximate surface area is 152 Å². The Balaban J connectivity index is 1.56. The summed E-state index contributed by atoms with van der Waals surface area (Å²) < 4.78 is 11.1. The summed E-state index contributed by atoms with van der Waals surface area (Å²) in [5.41, 5.74) is 3.41. The zero-order valence-corrected chi connectivity index (χ0v) is 14.8. The quantitative estimate of drug-likeness (QED) is 0.739. The summed E-state index contributed by atoms with van der Waals surface area (Å²) in [4.78, 5) is 15.1. The van der Waals surface area contributed by atoms with Gasteiger partial charge in [-0.25, -0.2) is 0 Å². The highest BCUT2D eigenvalue weighted by molar-refractivity contribution is 6.06. The summed E-state index contributed by atoms with van der Waals surface area (Å²) in [6.07, 6.45) is 2.49. The third-order valence-corrected chi connectivity index (χ3v) is 4.79. The summed E-state index contributed by atoms with van der Waals surface area (Å²) in [6.45, 7) is 2.53. The average molecular weight is 350 g/mol. The summed E-state index contributed by atoms with van der Waals surface area (Å²) in [7, 11) is 1.61. The molecule has 1 fully saturated rings. The molecule has 3 aromatic rings. The number of nitrogens with zero attached hydrogens (tertiary/aromatic N) is 1. The number of hydrogen-bond acceptors (Lipinski definition) is 4. The first-order chi connectivity index (χ1) is 12.8. The van der Waals surface area contributed by atoms with Crippen molar-refractivity contribution in [1.82, 2.24) is 0 Å². The summed E-state index contributed by atoms with van der Waals surface area (Å²) in [6, 6.07) is 15.6. The SMILES string of the molecule is COCc1c(C(=O)Nc2ccc(N3CCCC3)cc2)oc2ccccc12. The van der Waals surface area contributed by atoms with Gasteiger partial charge in [0.15, 0.2) is 5.76 Å². The Morgan fingerprint density at radius 2 is 1.85 bits per heavy atom. The lowest BCUT2D eigenvalue weighted by molar-refractivity contribution is 0.0992. The minimum Gasteiger partial charge on any atom is -0.451 e. The fourth-order valence-electron chi connectivity index (χ4n) is 3.49. The normalized spacial score (nSPS) is 14.1. The minimum atomic E-state index is -0.262. The largest absolute Gasteiger partial charge is 0.451 e. The van der Waals surface area contributed by atoms with Crippen molar-refractivity contribution >= 4 is 28.3 Å². The molecule has 0 atom stereocenters. The van der Waals surface area contributed by atoms with Crippen LogP contribution in [0.3, 0.4) is 0 Å². The Morgan fingerprint density at radius 3 is 2.58 bits per heavy atom. The Hall–Kier alpha value is -2.79. The highest BCUT2D eigenvalue weighted by Crippen LogP contribution is 2.28. The molecule has 1 aliphatic rings. The van der Waals surface area contributed by atoms with Crippen LogP contribution in [0.1, 0.15) is 29.0 Å². The number of carbonyl (C=O) groups is 1. The van der Waals surface area contributed by atoms with Gasteiger partial charge in [-0.1, -0.05) is 18.2 Å². The van der Waals surface area contributed by atoms with Crippen LogP contribution >= 0.6 is 0 Å². The number of para-hydroxylation sites is 1. The maximum atomic E-state index is 12.7. The lowest BCUT2D eigenvalue weighted by Crippen LogP contribution is -2.17. The van der Waals surface area contributed by atoms with E-state index in [1.165, 1.54) is 18.5 Å². The smallest absolute Gasteiger partial charge is 0.291 e. The molecule has 1 saturated heterocycles. The van der Waals surface area contributed by atoms with Gasteiger partial charge in [-0.05, 0) is 43.2 Å². The number of methoxy groups -OCH3 is 1. The Morgan fingerprint density at radius 1 is 1.12 bits per heavy atom. The second kappa shape index (κ2) is 7.22. The Kier molecular flexibility index (Phi) is 4.63. The van der Waals surface area contributed by atoms with Crippen LogP contribution in [-0.4, -0.2) is 26.1 Å². The van der Waals surface area contributed by atoms with Gasteiger partial charge in [0.1, 0.15) is 5.58 Å². The maximum absolute atomic E-state index is 12.7. The van der Waals surface area contributed by atoms with Crippen molar-refractivity contribution in [1.29, 1.82) is 0 Å². The van der Waals surface area contributed by atoms with Crippen LogP contribution in [0.2, 0.25) is 0 Å². The van der Waals surface area contributed by atoms with E-state index < -0.39 is 0 Å². The van der Waals surface area contributed by atoms with Gasteiger partial charge in [-0.2, -0.15) is 0 Å². The molecule has 5 heteroatoms. The zero-order valence-electron chi connectivity index (χ0n) is 14.8. The second-order valence-electron chi connectivity index (χ2n) is 6.53. The number of anilines is 2. The first-order valence-electron chi connectivity index (χ1n) is 8.92. The molecule has 1 amide bonds. The highest BCUT2D eigenvalue weighted by Gasteiger charge is 2.20. The van der Waals surface area contributed by atoms with Crippen molar-refractivity contribution in [3.05, 3.63) is 59.9 Å². The minimum absolute atomic E-state index is 0.262. The van der Waals surface area contributed by atoms with Crippen LogP contribution in [-0.2, 0) is 11.3 Å². The van der Waals surface area contributed by atoms with E-state index in [0.29, 0.717) is 18.0 Å². The number of furan rings is 1. The standard InChI is InChI=1S/C21H22N2O3/c1-25-14-18-17-6-2-3-7-19(17)26-20(18)21(24)22-15-8-10-16(11-9-15)23-12-4-5-13-23/h2-3,6-11H,4-5,12-14H2,1H3,(H,22,24). The first kappa shape index (κ1) is 16.7. The van der Waals surface area contributed by atoms with Crippen molar-refractivity contribution in [2.24, 2.45) is 0 Å². The van der Waals surface area contributed by atoms with E-state index in [4.69, 9.17) is 9.15 Å². The van der Waals surface area contributed by atoms with Gasteiger partial charge in [-0.15, -0.1) is 0 Å². The maximum Gasteiger partial charge on any atom is 0.291 e. The second-order valence-corrected chi connectivity index (χ2v) is 6.53. The summed E-state index contributed by atoms with van der Waals surface area (Å²) >= 11 is 0. The van der Waals surface area contributed by atoms with Crippen molar-refractivity contribution in [2.75, 3.05) is 30.4 Å². The number of fused-ring (bicyclic) bond motifs is 1. The average Bonchev–Trinajstić information content (AvgIpc) is 3.31. The van der Waals surface area contributed by atoms with E-state index in [0.717, 1.165) is 29.7 Å². The molecule has 1 aromatic heterocycles. The Bertz CT molecular complexity index is 909. The van der Waals surface area contributed by atoms with Crippen molar-refractivity contribution in [2.45, 2.75) is 19.4 Å². The zero-order chi connectivity index (χ0) is 17.9. The van der Waals surface area contributed by atoms with Crippen molar-refractivity contribution in [3.63, 3.8) is 0 Å². The van der Waals surface area contributed by atoms with Gasteiger partial charge < -0.3 is 19.4 Å². The molecule has 1 aliphatic heterocycles. The van der Waals surface area contributed by atoms with Crippen LogP contribution in [0.15, 0.2) is 52.9 Å². The number of carbonyl (C=O) groups excluding carboxylic acids is 1. The molecule has 2 heterocycles. The monoisotopic (exact) mass is 350 g/mol. The lowest BCUT2D eigenvalue weighted by Gasteiger charge is -2.17. The topological polar surface area (TPSA) is 54.7 Å². The van der Waals surface area contributed by atoms with Crippen LogP contribution < -0.4 is 10.2 Å². The molecule has 2 aromatic carbocycles. The predicted octanol–water partition coefficient (Wildman–Crippen LogP) is 4.43. The number of nitrogens with one attached hydrogen (secondary N) is 1. The molecule has 0 bridgehead atoms. The van der Waals surface area contributed by atoms with Gasteiger partial charge in [0.05, 0.1) is 6.61 Å². The number of ether oxygens (including phenoxy) is 1. The predicted molar refractivity (Wildman–Crippen MR) is 103 cm³/mol. The number of hydrogen-bond donors (Lipinski definition) is 1. The van der Waals surface area contributed by atoms with E-state index in [1.54, 1.807) is 7.11 Å². The van der Waals surface area contributed by atoms with Crippen LogP contribution in [0.5, 0.6) is 0 Å². The van der Waals surface area contributed by atoms with Crippen LogP contribution in [0, 0.1) is 0 Å². The summed E-state index contributed by atoms with van der Waals surface area (Å²) in [5, 5.41) is 3.84. The van der Waals surface area contributed by atoms with Gasteiger partial charge in [0.2, 0.25) is 0 Å². The van der Waals surface area contributed by atoms with Crippen LogP contribution in [0.25, 0.3) is 11.0 Å². The molecule has 4 rings (SSSR count). The first-order valence-corrected chi connectivity index (χ1v) is 8.92. The number of rotatable bonds is 5. The highest BCUT2D eigenvalue weighted by atomic mass is 16.5. The van der Waals surface area contributed by atoms with E-state index in [1.807, 2.05) is 36.4 Å². The van der Waals surface area contributed by atoms with Crippen molar-refractivity contribution < 1.29 is 13.9 Å². The van der Waals surface area contributed by atoms with E-state index >= 15 is 0 Å². The van der Waals surface area contributed by atoms with Gasteiger partial charge in [0, 0.05) is 42.5 Å². The van der Waals surface area contributed by atoms with Gasteiger partial charge in [-0.3, -0.25) is 4.79 Å². The molecule has 0 spiro atoms. The van der Waals surface area contributed by atoms with Gasteiger partial charge in [0.25, 0.3) is 5.91 Å². The summed E-state index contributed by atoms with van der Waals surface area (Å²) in [5.74, 6) is 0.0406. The fraction of sp³-hybridized carbons (Fsp3) is 0.286. The number of benzene rings is 2. The molecule has 134 valence electrons. The van der Waals surface area contributed by atoms with E-state index in [9.17, 15) is 4.79 Å². The molecule has 0 saturated carbocycles. The third-order valence-electron chi connectivity index (χ3n) is 4.79. The van der Waals surface area contributed by atoms with Crippen LogP contribution in [0.4, 0.5) is 11.4 Å². The molecule has 0 unspecified atom stereocenters. The molecular weight excluding hydrogens is 328 g/mol. The fourth-order valence-corrected chi connectivity index (χ4v) is 3.49. The van der Waals surface area contributed by atoms with E-state index in [2.05, 4.69) is 22.3 Å². The molecule has 0 radical (unpaired) electrons. The molecule has 5 nitrogen and oxygen atoms in total. The third kappa shape index (κ3) is 3.18. The molecule has 1 N–H and O–H groups in total.